The third-order valence-corrected chi connectivity index (χ3v) is 3.35. The third-order valence-electron chi connectivity index (χ3n) is 3.35. The molecule has 19 heavy (non-hydrogen) atoms. The molecule has 0 spiro atoms. The first-order valence-electron chi connectivity index (χ1n) is 6.41. The predicted molar refractivity (Wildman–Crippen MR) is 72.1 cm³/mol. The minimum absolute atomic E-state index is 0.0514. The van der Waals surface area contributed by atoms with Crippen LogP contribution in [0.2, 0.25) is 0 Å². The zero-order valence-corrected chi connectivity index (χ0v) is 11.0. The molecule has 2 aliphatic rings. The van der Waals surface area contributed by atoms with Gasteiger partial charge in [-0.05, 0) is 19.9 Å². The van der Waals surface area contributed by atoms with Crippen LogP contribution in [0.15, 0.2) is 48.6 Å². The molecule has 2 unspecified atom stereocenters. The lowest BCUT2D eigenvalue weighted by molar-refractivity contribution is -0.163. The van der Waals surface area contributed by atoms with Gasteiger partial charge in [0.05, 0.1) is 5.60 Å². The largest absolute Gasteiger partial charge is 0.424 e. The van der Waals surface area contributed by atoms with Crippen LogP contribution in [0.5, 0.6) is 0 Å². The van der Waals surface area contributed by atoms with Crippen LogP contribution in [0.25, 0.3) is 5.76 Å². The average Bonchev–Trinajstić information content (AvgIpc) is 2.40. The van der Waals surface area contributed by atoms with E-state index in [-0.39, 0.29) is 11.9 Å². The molecule has 0 saturated carbocycles. The Bertz CT molecular complexity index is 555. The van der Waals surface area contributed by atoms with Gasteiger partial charge in [-0.15, -0.1) is 0 Å². The van der Waals surface area contributed by atoms with E-state index < -0.39 is 11.7 Å². The van der Waals surface area contributed by atoms with Crippen molar-refractivity contribution in [2.45, 2.75) is 25.6 Å². The number of fused-ring (bicyclic) bond motifs is 1. The Morgan fingerprint density at radius 2 is 1.89 bits per heavy atom. The molecule has 0 aliphatic carbocycles. The van der Waals surface area contributed by atoms with Crippen LogP contribution in [0.4, 0.5) is 0 Å². The van der Waals surface area contributed by atoms with Crippen LogP contribution in [0.1, 0.15) is 19.4 Å². The van der Waals surface area contributed by atoms with Crippen molar-refractivity contribution >= 4 is 11.7 Å². The molecule has 3 nitrogen and oxygen atoms in total. The standard InChI is InChI=1S/C16H16O3/c1-16(2)9-8-12-10-13(11-6-4-3-5-7-11)18-15(17)14(12)19-16/h3-10,12,14H,1-2H3. The molecule has 1 aromatic carbocycles. The van der Waals surface area contributed by atoms with E-state index in [0.29, 0.717) is 5.76 Å². The van der Waals surface area contributed by atoms with Gasteiger partial charge in [-0.1, -0.05) is 42.5 Å². The second kappa shape index (κ2) is 4.35. The molecule has 0 saturated heterocycles. The van der Waals surface area contributed by atoms with Crippen molar-refractivity contribution in [1.29, 1.82) is 0 Å². The summed E-state index contributed by atoms with van der Waals surface area (Å²) in [5, 5.41) is 0. The van der Waals surface area contributed by atoms with Gasteiger partial charge >= 0.3 is 5.97 Å². The first kappa shape index (κ1) is 12.2. The molecule has 0 bridgehead atoms. The summed E-state index contributed by atoms with van der Waals surface area (Å²) in [5.41, 5.74) is 0.491. The first-order chi connectivity index (χ1) is 9.05. The van der Waals surface area contributed by atoms with Gasteiger partial charge in [-0.25, -0.2) is 4.79 Å². The minimum atomic E-state index is -0.535. The number of carbonyl (C=O) groups excluding carboxylic acids is 1. The Hall–Kier alpha value is -1.87. The lowest BCUT2D eigenvalue weighted by atomic mass is 9.91. The third kappa shape index (κ3) is 2.34. The van der Waals surface area contributed by atoms with Crippen LogP contribution < -0.4 is 0 Å². The van der Waals surface area contributed by atoms with E-state index in [0.717, 1.165) is 5.56 Å². The maximum atomic E-state index is 12.1. The summed E-state index contributed by atoms with van der Waals surface area (Å²) in [6.45, 7) is 3.87. The molecule has 0 N–H and O–H groups in total. The molecule has 2 heterocycles. The molecule has 1 aromatic rings. The minimum Gasteiger partial charge on any atom is -0.424 e. The highest BCUT2D eigenvalue weighted by molar-refractivity contribution is 5.85. The van der Waals surface area contributed by atoms with Crippen LogP contribution >= 0.6 is 0 Å². The van der Waals surface area contributed by atoms with Crippen molar-refractivity contribution in [1.82, 2.24) is 0 Å². The van der Waals surface area contributed by atoms with Crippen molar-refractivity contribution in [2.24, 2.45) is 5.92 Å². The van der Waals surface area contributed by atoms with Crippen LogP contribution in [0, 0.1) is 5.92 Å². The number of hydrogen-bond acceptors (Lipinski definition) is 3. The predicted octanol–water partition coefficient (Wildman–Crippen LogP) is 2.93. The Labute approximate surface area is 112 Å². The lowest BCUT2D eigenvalue weighted by Crippen LogP contribution is -2.44. The van der Waals surface area contributed by atoms with E-state index in [4.69, 9.17) is 9.47 Å². The summed E-state index contributed by atoms with van der Waals surface area (Å²) in [4.78, 5) is 12.1. The Kier molecular flexibility index (Phi) is 2.79. The van der Waals surface area contributed by atoms with Gasteiger partial charge in [0.15, 0.2) is 6.10 Å². The summed E-state index contributed by atoms with van der Waals surface area (Å²) in [6, 6.07) is 9.63. The number of ether oxygens (including phenoxy) is 2. The van der Waals surface area contributed by atoms with E-state index in [1.807, 2.05) is 62.4 Å². The van der Waals surface area contributed by atoms with Crippen LogP contribution in [0.3, 0.4) is 0 Å². The quantitative estimate of drug-likeness (QED) is 0.572. The van der Waals surface area contributed by atoms with Crippen molar-refractivity contribution in [2.75, 3.05) is 0 Å². The summed E-state index contributed by atoms with van der Waals surface area (Å²) in [6.07, 6.45) is 5.43. The maximum absolute atomic E-state index is 12.1. The SMILES string of the molecule is CC1(C)C=CC2C=C(c3ccccc3)OC(=O)C2O1. The number of esters is 1. The highest BCUT2D eigenvalue weighted by atomic mass is 16.6. The first-order valence-corrected chi connectivity index (χ1v) is 6.41. The molecule has 2 atom stereocenters. The second-order valence-electron chi connectivity index (χ2n) is 5.40. The summed E-state index contributed by atoms with van der Waals surface area (Å²) in [7, 11) is 0. The van der Waals surface area contributed by atoms with E-state index in [9.17, 15) is 4.79 Å². The molecule has 3 rings (SSSR count). The zero-order chi connectivity index (χ0) is 13.5. The highest BCUT2D eigenvalue weighted by Crippen LogP contribution is 2.34. The second-order valence-corrected chi connectivity index (χ2v) is 5.40. The fourth-order valence-electron chi connectivity index (χ4n) is 2.37. The van der Waals surface area contributed by atoms with Gasteiger partial charge in [0.1, 0.15) is 5.76 Å². The molecule has 3 heteroatoms. The van der Waals surface area contributed by atoms with Gasteiger partial charge < -0.3 is 9.47 Å². The topological polar surface area (TPSA) is 35.5 Å². The van der Waals surface area contributed by atoms with Crippen LogP contribution in [-0.4, -0.2) is 17.7 Å². The summed E-state index contributed by atoms with van der Waals surface area (Å²) in [5.74, 6) is 0.244. The molecule has 0 amide bonds. The van der Waals surface area contributed by atoms with Gasteiger partial charge in [0, 0.05) is 11.5 Å². The molecule has 98 valence electrons. The van der Waals surface area contributed by atoms with Gasteiger partial charge in [-0.2, -0.15) is 0 Å². The smallest absolute Gasteiger partial charge is 0.341 e. The Morgan fingerprint density at radius 1 is 1.16 bits per heavy atom. The average molecular weight is 256 g/mol. The lowest BCUT2D eigenvalue weighted by Gasteiger charge is -2.36. The summed E-state index contributed by atoms with van der Waals surface area (Å²) >= 11 is 0. The number of rotatable bonds is 1. The van der Waals surface area contributed by atoms with E-state index >= 15 is 0 Å². The van der Waals surface area contributed by atoms with E-state index in [2.05, 4.69) is 0 Å². The summed E-state index contributed by atoms with van der Waals surface area (Å²) < 4.78 is 11.2. The fraction of sp³-hybridized carbons (Fsp3) is 0.312. The highest BCUT2D eigenvalue weighted by Gasteiger charge is 2.40. The van der Waals surface area contributed by atoms with Gasteiger partial charge in [-0.3, -0.25) is 0 Å². The van der Waals surface area contributed by atoms with Crippen molar-refractivity contribution < 1.29 is 14.3 Å². The molecular formula is C16H16O3. The zero-order valence-electron chi connectivity index (χ0n) is 11.0. The molecule has 0 fully saturated rings. The van der Waals surface area contributed by atoms with Gasteiger partial charge in [0.2, 0.25) is 0 Å². The van der Waals surface area contributed by atoms with Gasteiger partial charge in [0.25, 0.3) is 0 Å². The normalized spacial score (nSPS) is 28.3. The number of cyclic esters (lactones) is 1. The Morgan fingerprint density at radius 3 is 2.63 bits per heavy atom. The monoisotopic (exact) mass is 256 g/mol. The number of hydrogen-bond donors (Lipinski definition) is 0. The molecule has 0 aromatic heterocycles. The molecule has 0 radical (unpaired) electrons. The Balaban J connectivity index is 1.96. The van der Waals surface area contributed by atoms with Crippen molar-refractivity contribution in [3.63, 3.8) is 0 Å². The number of carbonyl (C=O) groups is 1. The van der Waals surface area contributed by atoms with Crippen molar-refractivity contribution in [3.8, 4) is 0 Å². The van der Waals surface area contributed by atoms with E-state index in [1.165, 1.54) is 0 Å². The van der Waals surface area contributed by atoms with Crippen LogP contribution in [-0.2, 0) is 14.3 Å². The van der Waals surface area contributed by atoms with E-state index in [1.54, 1.807) is 0 Å². The maximum Gasteiger partial charge on any atom is 0.341 e. The fourth-order valence-corrected chi connectivity index (χ4v) is 2.37. The molecule has 2 aliphatic heterocycles. The molecular weight excluding hydrogens is 240 g/mol. The van der Waals surface area contributed by atoms with Crippen molar-refractivity contribution in [3.05, 3.63) is 54.1 Å². The number of benzene rings is 1.